The van der Waals surface area contributed by atoms with E-state index in [2.05, 4.69) is 9.97 Å². The molecule has 0 bridgehead atoms. The molecule has 0 aliphatic heterocycles. The van der Waals surface area contributed by atoms with E-state index in [9.17, 15) is 14.4 Å². The molecule has 8 nitrogen and oxygen atoms in total. The maximum Gasteiger partial charge on any atom is 0.335 e. The van der Waals surface area contributed by atoms with Gasteiger partial charge in [-0.1, -0.05) is 25.0 Å². The van der Waals surface area contributed by atoms with Crippen molar-refractivity contribution in [2.75, 3.05) is 0 Å². The summed E-state index contributed by atoms with van der Waals surface area (Å²) in [4.78, 5) is 45.0. The number of aromatic nitrogens is 4. The monoisotopic (exact) mass is 366 g/mol. The number of hydrogen-bond donors (Lipinski definition) is 1. The summed E-state index contributed by atoms with van der Waals surface area (Å²) in [7, 11) is 1.46. The van der Waals surface area contributed by atoms with Crippen LogP contribution in [0.3, 0.4) is 0 Å². The quantitative estimate of drug-likeness (QED) is 0.759. The number of fused-ring (bicyclic) bond motifs is 1. The lowest BCUT2D eigenvalue weighted by Crippen LogP contribution is -2.39. The molecule has 0 radical (unpaired) electrons. The summed E-state index contributed by atoms with van der Waals surface area (Å²) in [5.41, 5.74) is 0.585. The van der Waals surface area contributed by atoms with E-state index >= 15 is 0 Å². The van der Waals surface area contributed by atoms with E-state index in [0.29, 0.717) is 16.9 Å². The van der Waals surface area contributed by atoms with E-state index in [1.54, 1.807) is 16.7 Å². The second-order valence-corrected chi connectivity index (χ2v) is 6.76. The van der Waals surface area contributed by atoms with Crippen molar-refractivity contribution in [2.24, 2.45) is 7.05 Å². The smallest absolute Gasteiger partial charge is 0.335 e. The number of carbonyl (C=O) groups is 1. The molecule has 0 amide bonds. The Hall–Kier alpha value is -3.29. The maximum absolute atomic E-state index is 12.7. The molecule has 8 heteroatoms. The molecule has 2 aromatic heterocycles. The second-order valence-electron chi connectivity index (χ2n) is 6.76. The molecule has 27 heavy (non-hydrogen) atoms. The number of benzene rings is 1. The molecule has 0 saturated heterocycles. The van der Waals surface area contributed by atoms with Gasteiger partial charge in [-0.15, -0.1) is 0 Å². The fourth-order valence-corrected chi connectivity index (χ4v) is 3.64. The Morgan fingerprint density at radius 2 is 1.81 bits per heavy atom. The van der Waals surface area contributed by atoms with Crippen LogP contribution in [0.15, 0.2) is 40.1 Å². The first-order chi connectivity index (χ1) is 13.0. The number of carboxylic acid groups (broad SMARTS) is 1. The van der Waals surface area contributed by atoms with Crippen LogP contribution in [-0.4, -0.2) is 30.2 Å². The van der Waals surface area contributed by atoms with Crippen molar-refractivity contribution in [3.8, 4) is 11.4 Å². The van der Waals surface area contributed by atoms with Gasteiger partial charge in [0.15, 0.2) is 11.3 Å². The molecule has 0 unspecified atom stereocenters. The van der Waals surface area contributed by atoms with Crippen LogP contribution < -0.4 is 11.2 Å². The molecule has 1 aromatic carbocycles. The van der Waals surface area contributed by atoms with E-state index < -0.39 is 11.5 Å². The van der Waals surface area contributed by atoms with Crippen LogP contribution in [0.4, 0.5) is 0 Å². The summed E-state index contributed by atoms with van der Waals surface area (Å²) < 4.78 is 2.73. The lowest BCUT2D eigenvalue weighted by atomic mass is 10.1. The van der Waals surface area contributed by atoms with Gasteiger partial charge in [-0.25, -0.2) is 19.6 Å². The highest BCUT2D eigenvalue weighted by atomic mass is 16.4. The van der Waals surface area contributed by atoms with Crippen LogP contribution in [0.5, 0.6) is 0 Å². The van der Waals surface area contributed by atoms with Gasteiger partial charge in [0.1, 0.15) is 0 Å². The highest BCUT2D eigenvalue weighted by molar-refractivity contribution is 5.88. The molecular weight excluding hydrogens is 348 g/mol. The van der Waals surface area contributed by atoms with Gasteiger partial charge < -0.3 is 5.11 Å². The summed E-state index contributed by atoms with van der Waals surface area (Å²) >= 11 is 0. The van der Waals surface area contributed by atoms with Crippen LogP contribution in [0.25, 0.3) is 22.4 Å². The molecule has 1 aliphatic carbocycles. The van der Waals surface area contributed by atoms with Gasteiger partial charge in [0, 0.05) is 18.7 Å². The van der Waals surface area contributed by atoms with Gasteiger partial charge in [-0.3, -0.25) is 13.9 Å². The Morgan fingerprint density at radius 3 is 2.44 bits per heavy atom. The minimum Gasteiger partial charge on any atom is -0.478 e. The van der Waals surface area contributed by atoms with Crippen LogP contribution in [0.2, 0.25) is 0 Å². The van der Waals surface area contributed by atoms with E-state index in [1.807, 2.05) is 0 Å². The SMILES string of the molecule is Cn1c(=O)c2nc(-c3ccc(C(=O)O)cc3)ncc2n(C2CCCC2)c1=O. The third kappa shape index (κ3) is 2.83. The Kier molecular flexibility index (Phi) is 4.10. The van der Waals surface area contributed by atoms with Crippen LogP contribution in [-0.2, 0) is 7.05 Å². The molecule has 4 rings (SSSR count). The summed E-state index contributed by atoms with van der Waals surface area (Å²) in [6.07, 6.45) is 5.41. The van der Waals surface area contributed by atoms with Crippen molar-refractivity contribution in [3.05, 3.63) is 56.9 Å². The lowest BCUT2D eigenvalue weighted by molar-refractivity contribution is 0.0697. The molecular formula is C19H18N4O4. The third-order valence-corrected chi connectivity index (χ3v) is 5.11. The zero-order valence-electron chi connectivity index (χ0n) is 14.8. The van der Waals surface area contributed by atoms with Crippen molar-refractivity contribution in [2.45, 2.75) is 31.7 Å². The van der Waals surface area contributed by atoms with Gasteiger partial charge in [-0.05, 0) is 25.0 Å². The Labute approximate surface area is 153 Å². The van der Waals surface area contributed by atoms with Crippen LogP contribution >= 0.6 is 0 Å². The molecule has 0 spiro atoms. The largest absolute Gasteiger partial charge is 0.478 e. The van der Waals surface area contributed by atoms with Gasteiger partial charge >= 0.3 is 11.7 Å². The van der Waals surface area contributed by atoms with Gasteiger partial charge in [0.2, 0.25) is 0 Å². The Morgan fingerprint density at radius 1 is 1.15 bits per heavy atom. The van der Waals surface area contributed by atoms with Crippen molar-refractivity contribution in [3.63, 3.8) is 0 Å². The average molecular weight is 366 g/mol. The first-order valence-electron chi connectivity index (χ1n) is 8.79. The number of carboxylic acids is 1. The number of hydrogen-bond acceptors (Lipinski definition) is 5. The first kappa shape index (κ1) is 17.1. The van der Waals surface area contributed by atoms with E-state index in [0.717, 1.165) is 30.3 Å². The normalized spacial score (nSPS) is 14.7. The topological polar surface area (TPSA) is 107 Å². The highest BCUT2D eigenvalue weighted by Crippen LogP contribution is 2.30. The molecule has 1 aliphatic rings. The lowest BCUT2D eigenvalue weighted by Gasteiger charge is -2.17. The average Bonchev–Trinajstić information content (AvgIpc) is 3.20. The minimum absolute atomic E-state index is 0.0519. The fourth-order valence-electron chi connectivity index (χ4n) is 3.64. The standard InChI is InChI=1S/C19H18N4O4/c1-22-17(24)15-14(23(19(22)27)13-4-2-3-5-13)10-20-16(21-15)11-6-8-12(9-7-11)18(25)26/h6-10,13H,2-5H2,1H3,(H,25,26). The fraction of sp³-hybridized carbons (Fsp3) is 0.316. The Balaban J connectivity index is 1.91. The first-order valence-corrected chi connectivity index (χ1v) is 8.79. The van der Waals surface area contributed by atoms with Crippen molar-refractivity contribution >= 4 is 17.0 Å². The van der Waals surface area contributed by atoms with E-state index in [1.165, 1.54) is 25.4 Å². The Bertz CT molecular complexity index is 1160. The zero-order valence-corrected chi connectivity index (χ0v) is 14.8. The molecule has 1 saturated carbocycles. The van der Waals surface area contributed by atoms with Crippen molar-refractivity contribution in [1.29, 1.82) is 0 Å². The summed E-state index contributed by atoms with van der Waals surface area (Å²) in [5.74, 6) is -0.705. The van der Waals surface area contributed by atoms with Gasteiger partial charge in [0.25, 0.3) is 5.56 Å². The number of aromatic carboxylic acids is 1. The number of rotatable bonds is 3. The summed E-state index contributed by atoms with van der Waals surface area (Å²) in [6.45, 7) is 0. The van der Waals surface area contributed by atoms with E-state index in [-0.39, 0.29) is 22.8 Å². The molecule has 1 N–H and O–H groups in total. The third-order valence-electron chi connectivity index (χ3n) is 5.11. The maximum atomic E-state index is 12.7. The zero-order chi connectivity index (χ0) is 19.1. The second kappa shape index (κ2) is 6.46. The predicted octanol–water partition coefficient (Wildman–Crippen LogP) is 1.97. The molecule has 2 heterocycles. The van der Waals surface area contributed by atoms with Crippen molar-refractivity contribution in [1.82, 2.24) is 19.1 Å². The van der Waals surface area contributed by atoms with Gasteiger partial charge in [0.05, 0.1) is 17.3 Å². The summed E-state index contributed by atoms with van der Waals surface area (Å²) in [6, 6.07) is 6.17. The molecule has 0 atom stereocenters. The van der Waals surface area contributed by atoms with Crippen LogP contribution in [0, 0.1) is 0 Å². The van der Waals surface area contributed by atoms with Gasteiger partial charge in [-0.2, -0.15) is 0 Å². The molecule has 138 valence electrons. The molecule has 1 fully saturated rings. The van der Waals surface area contributed by atoms with E-state index in [4.69, 9.17) is 5.11 Å². The predicted molar refractivity (Wildman–Crippen MR) is 98.9 cm³/mol. The van der Waals surface area contributed by atoms with Crippen LogP contribution in [0.1, 0.15) is 42.1 Å². The summed E-state index contributed by atoms with van der Waals surface area (Å²) in [5, 5.41) is 9.01. The number of nitrogens with zero attached hydrogens (tertiary/aromatic N) is 4. The highest BCUT2D eigenvalue weighted by Gasteiger charge is 2.23. The minimum atomic E-state index is -1.02. The van der Waals surface area contributed by atoms with Crippen molar-refractivity contribution < 1.29 is 9.90 Å². The molecule has 3 aromatic rings.